The average molecular weight is 396 g/mol. The molecule has 8 heteroatoms. The number of nitro groups is 1. The van der Waals surface area contributed by atoms with E-state index >= 15 is 0 Å². The quantitative estimate of drug-likeness (QED) is 0.358. The normalized spacial score (nSPS) is 10.4. The maximum atomic E-state index is 11.6. The molecule has 0 bridgehead atoms. The third-order valence-corrected chi connectivity index (χ3v) is 4.63. The monoisotopic (exact) mass is 396 g/mol. The van der Waals surface area contributed by atoms with Crippen LogP contribution < -0.4 is 5.01 Å². The molecule has 0 saturated carbocycles. The largest absolute Gasteiger partial charge is 0.277 e. The molecule has 4 aromatic rings. The minimum atomic E-state index is -0.383. The Kier molecular flexibility index (Phi) is 5.17. The van der Waals surface area contributed by atoms with Crippen molar-refractivity contribution in [3.8, 4) is 17.2 Å². The molecule has 0 amide bonds. The molecule has 0 saturated heterocycles. The van der Waals surface area contributed by atoms with Gasteiger partial charge in [-0.25, -0.2) is 4.68 Å². The second kappa shape index (κ2) is 8.24. The van der Waals surface area contributed by atoms with Crippen molar-refractivity contribution >= 4 is 11.4 Å². The van der Waals surface area contributed by atoms with Gasteiger partial charge in [0, 0.05) is 6.07 Å². The summed E-state index contributed by atoms with van der Waals surface area (Å²) in [5.41, 5.74) is 3.48. The van der Waals surface area contributed by atoms with Gasteiger partial charge >= 0.3 is 0 Å². The Morgan fingerprint density at radius 1 is 1.00 bits per heavy atom. The van der Waals surface area contributed by atoms with Gasteiger partial charge in [-0.05, 0) is 35.4 Å². The third kappa shape index (κ3) is 3.86. The van der Waals surface area contributed by atoms with Crippen molar-refractivity contribution in [3.63, 3.8) is 0 Å². The van der Waals surface area contributed by atoms with Crippen LogP contribution in [-0.2, 0) is 6.54 Å². The molecule has 0 atom stereocenters. The van der Waals surface area contributed by atoms with Crippen molar-refractivity contribution < 1.29 is 4.92 Å². The second-order valence-corrected chi connectivity index (χ2v) is 6.54. The average Bonchev–Trinajstić information content (AvgIpc) is 3.32. The number of aromatic nitrogens is 3. The predicted molar refractivity (Wildman–Crippen MR) is 111 cm³/mol. The van der Waals surface area contributed by atoms with Crippen LogP contribution in [-0.4, -0.2) is 19.8 Å². The Labute approximate surface area is 172 Å². The minimum absolute atomic E-state index is 0.0279. The van der Waals surface area contributed by atoms with E-state index in [1.165, 1.54) is 6.07 Å². The maximum Gasteiger partial charge on any atom is 0.277 e. The van der Waals surface area contributed by atoms with Gasteiger partial charge in [0.1, 0.15) is 12.7 Å². The number of hydrogen-bond acceptors (Lipinski definition) is 6. The van der Waals surface area contributed by atoms with Gasteiger partial charge in [-0.3, -0.25) is 15.1 Å². The highest BCUT2D eigenvalue weighted by Gasteiger charge is 2.19. The lowest BCUT2D eigenvalue weighted by molar-refractivity contribution is -0.384. The molecule has 0 N–H and O–H groups in total. The van der Waals surface area contributed by atoms with Gasteiger partial charge in [0.25, 0.3) is 5.69 Å². The van der Waals surface area contributed by atoms with Crippen LogP contribution in [0.2, 0.25) is 0 Å². The van der Waals surface area contributed by atoms with Crippen molar-refractivity contribution in [1.82, 2.24) is 14.9 Å². The van der Waals surface area contributed by atoms with Crippen LogP contribution in [0.4, 0.5) is 11.4 Å². The fourth-order valence-corrected chi connectivity index (χ4v) is 3.23. The summed E-state index contributed by atoms with van der Waals surface area (Å²) in [6, 6.07) is 23.6. The number of anilines is 1. The molecule has 0 fully saturated rings. The molecule has 0 aliphatic carbocycles. The zero-order valence-corrected chi connectivity index (χ0v) is 15.8. The number of nitriles is 1. The Hall–Kier alpha value is -4.51. The van der Waals surface area contributed by atoms with Crippen LogP contribution >= 0.6 is 0 Å². The van der Waals surface area contributed by atoms with Gasteiger partial charge in [0.15, 0.2) is 0 Å². The zero-order chi connectivity index (χ0) is 20.9. The lowest BCUT2D eigenvalue weighted by Crippen LogP contribution is -2.28. The van der Waals surface area contributed by atoms with E-state index in [0.717, 1.165) is 16.8 Å². The summed E-state index contributed by atoms with van der Waals surface area (Å²) in [6.07, 6.45) is 3.11. The van der Waals surface area contributed by atoms with Crippen LogP contribution in [0.1, 0.15) is 11.1 Å². The summed E-state index contributed by atoms with van der Waals surface area (Å²) in [5, 5.41) is 30.4. The molecular weight excluding hydrogens is 380 g/mol. The lowest BCUT2D eigenvalue weighted by atomic mass is 10.0. The zero-order valence-electron chi connectivity index (χ0n) is 15.8. The van der Waals surface area contributed by atoms with E-state index in [2.05, 4.69) is 16.3 Å². The summed E-state index contributed by atoms with van der Waals surface area (Å²) >= 11 is 0. The third-order valence-electron chi connectivity index (χ3n) is 4.63. The van der Waals surface area contributed by atoms with Gasteiger partial charge in [0.05, 0.1) is 34.4 Å². The van der Waals surface area contributed by atoms with E-state index in [0.29, 0.717) is 17.7 Å². The molecule has 1 heterocycles. The summed E-state index contributed by atoms with van der Waals surface area (Å²) in [7, 11) is 0. The highest BCUT2D eigenvalue weighted by Crippen LogP contribution is 2.34. The predicted octanol–water partition coefficient (Wildman–Crippen LogP) is 4.19. The summed E-state index contributed by atoms with van der Waals surface area (Å²) in [5.74, 6) is 0. The number of nitro benzene ring substituents is 1. The number of hydrogen-bond donors (Lipinski definition) is 0. The molecule has 0 spiro atoms. The molecule has 1 aromatic heterocycles. The summed E-state index contributed by atoms with van der Waals surface area (Å²) < 4.78 is 1.70. The molecule has 0 unspecified atom stereocenters. The van der Waals surface area contributed by atoms with Gasteiger partial charge in [-0.15, -0.1) is 10.2 Å². The topological polar surface area (TPSA) is 101 Å². The first-order valence-electron chi connectivity index (χ1n) is 9.11. The molecule has 3 aromatic carbocycles. The van der Waals surface area contributed by atoms with Crippen LogP contribution in [0.3, 0.4) is 0 Å². The van der Waals surface area contributed by atoms with E-state index in [4.69, 9.17) is 0 Å². The Morgan fingerprint density at radius 2 is 1.77 bits per heavy atom. The molecule has 8 nitrogen and oxygen atoms in total. The molecule has 0 aliphatic rings. The molecule has 0 aliphatic heterocycles. The second-order valence-electron chi connectivity index (χ2n) is 6.54. The first-order chi connectivity index (χ1) is 14.7. The minimum Gasteiger partial charge on any atom is -0.274 e. The first-order valence-corrected chi connectivity index (χ1v) is 9.11. The summed E-state index contributed by atoms with van der Waals surface area (Å²) in [4.78, 5) is 11.2. The van der Waals surface area contributed by atoms with Gasteiger partial charge in [0.2, 0.25) is 0 Å². The number of rotatable bonds is 6. The van der Waals surface area contributed by atoms with E-state index < -0.39 is 0 Å². The molecule has 0 radical (unpaired) electrons. The number of nitrogens with zero attached hydrogens (tertiary/aromatic N) is 6. The van der Waals surface area contributed by atoms with Gasteiger partial charge in [-0.2, -0.15) is 5.26 Å². The molecule has 146 valence electrons. The van der Waals surface area contributed by atoms with E-state index in [9.17, 15) is 15.4 Å². The van der Waals surface area contributed by atoms with Crippen molar-refractivity contribution in [2.45, 2.75) is 6.54 Å². The SMILES string of the molecule is N#Cc1cccc(CN(c2ccc([N+](=O)[O-])c(-c3ccccc3)c2)n2cnnc2)c1. The fourth-order valence-electron chi connectivity index (χ4n) is 3.23. The van der Waals surface area contributed by atoms with Crippen molar-refractivity contribution in [2.24, 2.45) is 0 Å². The lowest BCUT2D eigenvalue weighted by Gasteiger charge is -2.25. The maximum absolute atomic E-state index is 11.6. The van der Waals surface area contributed by atoms with Gasteiger partial charge < -0.3 is 0 Å². The molecular formula is C22H16N6O2. The molecule has 4 rings (SSSR count). The number of benzene rings is 3. The standard InChI is InChI=1S/C22H16N6O2/c23-13-17-5-4-6-18(11-17)14-27(26-15-24-25-16-26)20-9-10-22(28(29)30)21(12-20)19-7-2-1-3-8-19/h1-12,15-16H,14H2. The van der Waals surface area contributed by atoms with Crippen LogP contribution in [0.15, 0.2) is 85.5 Å². The Morgan fingerprint density at radius 3 is 2.47 bits per heavy atom. The first kappa shape index (κ1) is 18.8. The van der Waals surface area contributed by atoms with Crippen molar-refractivity contribution in [1.29, 1.82) is 5.26 Å². The highest BCUT2D eigenvalue weighted by molar-refractivity contribution is 5.77. The molecule has 30 heavy (non-hydrogen) atoms. The van der Waals surface area contributed by atoms with Crippen LogP contribution in [0.5, 0.6) is 0 Å². The van der Waals surface area contributed by atoms with Crippen molar-refractivity contribution in [3.05, 3.63) is 107 Å². The van der Waals surface area contributed by atoms with E-state index in [1.807, 2.05) is 47.5 Å². The smallest absolute Gasteiger partial charge is 0.274 e. The van der Waals surface area contributed by atoms with E-state index in [1.54, 1.807) is 41.6 Å². The fraction of sp³-hybridized carbons (Fsp3) is 0.0455. The Bertz CT molecular complexity index is 1220. The van der Waals surface area contributed by atoms with Crippen LogP contribution in [0.25, 0.3) is 11.1 Å². The van der Waals surface area contributed by atoms with Crippen molar-refractivity contribution in [2.75, 3.05) is 5.01 Å². The Balaban J connectivity index is 1.81. The highest BCUT2D eigenvalue weighted by atomic mass is 16.6. The van der Waals surface area contributed by atoms with Gasteiger partial charge in [-0.1, -0.05) is 42.5 Å². The van der Waals surface area contributed by atoms with E-state index in [-0.39, 0.29) is 10.6 Å². The summed E-state index contributed by atoms with van der Waals surface area (Å²) in [6.45, 7) is 0.416. The van der Waals surface area contributed by atoms with Crippen LogP contribution in [0, 0.1) is 21.4 Å².